The lowest BCUT2D eigenvalue weighted by atomic mass is 10.1. The monoisotopic (exact) mass is 432 g/mol. The molecule has 0 aliphatic carbocycles. The van der Waals surface area contributed by atoms with E-state index in [0.29, 0.717) is 12.8 Å². The van der Waals surface area contributed by atoms with Crippen LogP contribution in [0, 0.1) is 22.7 Å². The first-order valence-corrected chi connectivity index (χ1v) is 12.0. The molecule has 32 heavy (non-hydrogen) atoms. The predicted octanol–water partition coefficient (Wildman–Crippen LogP) is 7.18. The average Bonchev–Trinajstić information content (AvgIpc) is 2.83. The van der Waals surface area contributed by atoms with Crippen LogP contribution in [0.5, 0.6) is 11.5 Å². The quantitative estimate of drug-likeness (QED) is 0.248. The first-order valence-electron chi connectivity index (χ1n) is 12.0. The van der Waals surface area contributed by atoms with E-state index in [2.05, 4.69) is 12.1 Å². The molecule has 0 saturated carbocycles. The van der Waals surface area contributed by atoms with E-state index in [1.165, 1.54) is 49.7 Å². The number of unbranched alkanes of at least 4 members (excludes halogenated alkanes) is 7. The summed E-state index contributed by atoms with van der Waals surface area (Å²) in [5, 5.41) is 17.3. The molecule has 2 aromatic carbocycles. The fourth-order valence-electron chi connectivity index (χ4n) is 3.55. The van der Waals surface area contributed by atoms with Gasteiger partial charge in [0.05, 0.1) is 25.4 Å². The van der Waals surface area contributed by atoms with Crippen molar-refractivity contribution in [1.82, 2.24) is 0 Å². The van der Waals surface area contributed by atoms with Crippen molar-refractivity contribution in [2.45, 2.75) is 77.0 Å². The van der Waals surface area contributed by atoms with Gasteiger partial charge in [0.2, 0.25) is 0 Å². The maximum atomic E-state index is 8.63. The van der Waals surface area contributed by atoms with Crippen LogP contribution in [0.1, 0.15) is 75.3 Å². The normalized spacial score (nSPS) is 10.3. The molecule has 0 atom stereocenters. The molecular formula is C28H36N2O2. The highest BCUT2D eigenvalue weighted by atomic mass is 16.5. The standard InChI is InChI=1S/C28H36N2O2/c29-21-9-11-25-13-17-27(18-14-25)31-23-7-5-3-1-2-4-6-8-24-32-28-19-15-26(16-20-28)12-10-22-30/h13-20H,1-12,23-24H2. The molecule has 2 aromatic rings. The highest BCUT2D eigenvalue weighted by Crippen LogP contribution is 2.16. The van der Waals surface area contributed by atoms with Gasteiger partial charge in [-0.25, -0.2) is 0 Å². The van der Waals surface area contributed by atoms with Crippen LogP contribution in [0.3, 0.4) is 0 Å². The third kappa shape index (κ3) is 11.4. The third-order valence-electron chi connectivity index (χ3n) is 5.47. The van der Waals surface area contributed by atoms with Crippen LogP contribution >= 0.6 is 0 Å². The fourth-order valence-corrected chi connectivity index (χ4v) is 3.55. The molecule has 0 heterocycles. The molecule has 0 N–H and O–H groups in total. The summed E-state index contributed by atoms with van der Waals surface area (Å²) in [6.45, 7) is 1.54. The predicted molar refractivity (Wildman–Crippen MR) is 129 cm³/mol. The summed E-state index contributed by atoms with van der Waals surface area (Å²) < 4.78 is 11.6. The Morgan fingerprint density at radius 3 is 1.19 bits per heavy atom. The Morgan fingerprint density at radius 2 is 0.844 bits per heavy atom. The van der Waals surface area contributed by atoms with Crippen LogP contribution < -0.4 is 9.47 Å². The van der Waals surface area contributed by atoms with Crippen molar-refractivity contribution in [2.75, 3.05) is 13.2 Å². The summed E-state index contributed by atoms with van der Waals surface area (Å²) >= 11 is 0. The Morgan fingerprint density at radius 1 is 0.500 bits per heavy atom. The van der Waals surface area contributed by atoms with Crippen LogP contribution in [0.4, 0.5) is 0 Å². The highest BCUT2D eigenvalue weighted by molar-refractivity contribution is 5.28. The van der Waals surface area contributed by atoms with Crippen molar-refractivity contribution < 1.29 is 9.47 Å². The molecule has 4 nitrogen and oxygen atoms in total. The van der Waals surface area contributed by atoms with E-state index in [-0.39, 0.29) is 0 Å². The van der Waals surface area contributed by atoms with Gasteiger partial charge in [-0.2, -0.15) is 10.5 Å². The van der Waals surface area contributed by atoms with Crippen LogP contribution in [0.25, 0.3) is 0 Å². The zero-order chi connectivity index (χ0) is 22.7. The van der Waals surface area contributed by atoms with Gasteiger partial charge in [0, 0.05) is 12.8 Å². The Kier molecular flexibility index (Phi) is 13.2. The molecule has 0 aliphatic heterocycles. The van der Waals surface area contributed by atoms with E-state index < -0.39 is 0 Å². The first-order chi connectivity index (χ1) is 15.8. The molecule has 0 aliphatic rings. The van der Waals surface area contributed by atoms with Gasteiger partial charge in [0.25, 0.3) is 0 Å². The maximum absolute atomic E-state index is 8.63. The molecular weight excluding hydrogens is 396 g/mol. The van der Waals surface area contributed by atoms with Crippen LogP contribution in [0.15, 0.2) is 48.5 Å². The third-order valence-corrected chi connectivity index (χ3v) is 5.47. The molecule has 2 rings (SSSR count). The van der Waals surface area contributed by atoms with E-state index in [9.17, 15) is 0 Å². The summed E-state index contributed by atoms with van der Waals surface area (Å²) in [5.41, 5.74) is 2.37. The molecule has 0 spiro atoms. The second kappa shape index (κ2) is 16.7. The van der Waals surface area contributed by atoms with Gasteiger partial charge < -0.3 is 9.47 Å². The minimum atomic E-state index is 0.564. The highest BCUT2D eigenvalue weighted by Gasteiger charge is 1.98. The molecule has 0 aromatic heterocycles. The number of ether oxygens (including phenoxy) is 2. The number of nitrogens with zero attached hydrogens (tertiary/aromatic N) is 2. The maximum Gasteiger partial charge on any atom is 0.119 e. The lowest BCUT2D eigenvalue weighted by Crippen LogP contribution is -1.98. The van der Waals surface area contributed by atoms with Crippen molar-refractivity contribution in [3.63, 3.8) is 0 Å². The number of hydrogen-bond acceptors (Lipinski definition) is 4. The zero-order valence-corrected chi connectivity index (χ0v) is 19.2. The summed E-state index contributed by atoms with van der Waals surface area (Å²) in [7, 11) is 0. The van der Waals surface area contributed by atoms with Crippen molar-refractivity contribution >= 4 is 0 Å². The van der Waals surface area contributed by atoms with E-state index in [1.54, 1.807) is 0 Å². The van der Waals surface area contributed by atoms with Gasteiger partial charge in [-0.3, -0.25) is 0 Å². The van der Waals surface area contributed by atoms with Gasteiger partial charge in [0.1, 0.15) is 11.5 Å². The zero-order valence-electron chi connectivity index (χ0n) is 19.2. The number of rotatable bonds is 17. The van der Waals surface area contributed by atoms with Crippen LogP contribution in [-0.4, -0.2) is 13.2 Å². The number of benzene rings is 2. The minimum Gasteiger partial charge on any atom is -0.494 e. The molecule has 0 radical (unpaired) electrons. The Hall–Kier alpha value is -2.98. The molecule has 170 valence electrons. The summed E-state index contributed by atoms with van der Waals surface area (Å²) in [5.74, 6) is 1.84. The Bertz CT molecular complexity index is 745. The van der Waals surface area contributed by atoms with E-state index in [1.807, 2.05) is 48.5 Å². The minimum absolute atomic E-state index is 0.564. The van der Waals surface area contributed by atoms with Crippen molar-refractivity contribution in [3.8, 4) is 23.6 Å². The second-order valence-electron chi connectivity index (χ2n) is 8.13. The second-order valence-corrected chi connectivity index (χ2v) is 8.13. The summed E-state index contributed by atoms with van der Waals surface area (Å²) in [4.78, 5) is 0. The van der Waals surface area contributed by atoms with E-state index in [0.717, 1.165) is 50.4 Å². The molecule has 0 unspecified atom stereocenters. The molecule has 0 amide bonds. The van der Waals surface area contributed by atoms with Gasteiger partial charge in [-0.1, -0.05) is 62.8 Å². The molecule has 0 bridgehead atoms. The first kappa shape index (κ1) is 25.3. The summed E-state index contributed by atoms with van der Waals surface area (Å²) in [6, 6.07) is 20.6. The number of hydrogen-bond donors (Lipinski definition) is 0. The number of aryl methyl sites for hydroxylation is 2. The molecule has 0 saturated heterocycles. The van der Waals surface area contributed by atoms with Gasteiger partial charge in [-0.15, -0.1) is 0 Å². The van der Waals surface area contributed by atoms with Crippen molar-refractivity contribution in [2.24, 2.45) is 0 Å². The van der Waals surface area contributed by atoms with Crippen molar-refractivity contribution in [1.29, 1.82) is 10.5 Å². The smallest absolute Gasteiger partial charge is 0.119 e. The van der Waals surface area contributed by atoms with Crippen LogP contribution in [0.2, 0.25) is 0 Å². The van der Waals surface area contributed by atoms with E-state index in [4.69, 9.17) is 20.0 Å². The van der Waals surface area contributed by atoms with Gasteiger partial charge >= 0.3 is 0 Å². The Labute approximate surface area is 193 Å². The van der Waals surface area contributed by atoms with Gasteiger partial charge in [0.15, 0.2) is 0 Å². The lowest BCUT2D eigenvalue weighted by molar-refractivity contribution is 0.301. The number of nitriles is 2. The largest absolute Gasteiger partial charge is 0.494 e. The fraction of sp³-hybridized carbons (Fsp3) is 0.500. The molecule has 4 heteroatoms. The van der Waals surface area contributed by atoms with E-state index >= 15 is 0 Å². The van der Waals surface area contributed by atoms with Gasteiger partial charge in [-0.05, 0) is 61.1 Å². The lowest BCUT2D eigenvalue weighted by Gasteiger charge is -2.08. The Balaban J connectivity index is 1.38. The molecule has 0 fully saturated rings. The topological polar surface area (TPSA) is 66.0 Å². The van der Waals surface area contributed by atoms with Crippen molar-refractivity contribution in [3.05, 3.63) is 59.7 Å². The SMILES string of the molecule is N#CCCc1ccc(OCCCCCCCCCCOc2ccc(CCC#N)cc2)cc1. The average molecular weight is 433 g/mol. The van der Waals surface area contributed by atoms with Crippen LogP contribution in [-0.2, 0) is 12.8 Å². The summed E-state index contributed by atoms with van der Waals surface area (Å²) in [6.07, 6.45) is 12.5.